The van der Waals surface area contributed by atoms with Gasteiger partial charge in [0, 0.05) is 82.3 Å². The fraction of sp³-hybridized carbons (Fsp3) is 0.514. The summed E-state index contributed by atoms with van der Waals surface area (Å²) in [5, 5.41) is 5.42. The van der Waals surface area contributed by atoms with Gasteiger partial charge in [-0.3, -0.25) is 14.6 Å². The Kier molecular flexibility index (Phi) is 15.1. The lowest BCUT2D eigenvalue weighted by Crippen LogP contribution is -2.48. The quantitative estimate of drug-likeness (QED) is 0.165. The number of hydrogen-bond donors (Lipinski definition) is 2. The molecule has 0 atom stereocenters. The molecule has 0 aliphatic carbocycles. The van der Waals surface area contributed by atoms with Gasteiger partial charge in [-0.25, -0.2) is 4.99 Å². The number of aliphatic imine (C=N–C) groups is 1. The number of allylic oxidation sites excluding steroid dienone is 1. The SMILES string of the molecule is C=C1C=CC(=O)N1CCN1CCN(Cc2ccc(Cn3ccc(=C)/c3=C(\N=C(\N)CCC)NCCCCC)c(OC)c2)CC1.CC. The van der Waals surface area contributed by atoms with Gasteiger partial charge in [0.1, 0.15) is 11.6 Å². The normalized spacial score (nSPS) is 16.5. The number of aromatic nitrogens is 1. The molecule has 0 bridgehead atoms. The molecule has 0 radical (unpaired) electrons. The van der Waals surface area contributed by atoms with Gasteiger partial charge in [-0.2, -0.15) is 0 Å². The molecule has 3 heterocycles. The molecule has 1 amide bonds. The van der Waals surface area contributed by atoms with Crippen LogP contribution < -0.4 is 26.4 Å². The van der Waals surface area contributed by atoms with E-state index in [2.05, 4.69) is 71.1 Å². The van der Waals surface area contributed by atoms with Gasteiger partial charge in [0.2, 0.25) is 0 Å². The van der Waals surface area contributed by atoms with E-state index in [1.807, 2.05) is 19.9 Å². The highest BCUT2D eigenvalue weighted by Gasteiger charge is 2.22. The van der Waals surface area contributed by atoms with Crippen molar-refractivity contribution >= 4 is 24.1 Å². The number of amidine groups is 1. The van der Waals surface area contributed by atoms with E-state index in [0.29, 0.717) is 18.9 Å². The molecule has 1 aromatic heterocycles. The van der Waals surface area contributed by atoms with Crippen LogP contribution in [-0.4, -0.2) is 83.9 Å². The van der Waals surface area contributed by atoms with Crippen LogP contribution in [0.4, 0.5) is 0 Å². The molecule has 1 saturated heterocycles. The number of methoxy groups -OCH3 is 1. The summed E-state index contributed by atoms with van der Waals surface area (Å²) in [6, 6.07) is 8.58. The molecule has 9 heteroatoms. The van der Waals surface area contributed by atoms with Gasteiger partial charge in [0.15, 0.2) is 5.82 Å². The van der Waals surface area contributed by atoms with Gasteiger partial charge >= 0.3 is 0 Å². The largest absolute Gasteiger partial charge is 0.496 e. The van der Waals surface area contributed by atoms with Crippen LogP contribution in [0, 0.1) is 0 Å². The third-order valence-electron chi connectivity index (χ3n) is 8.34. The lowest BCUT2D eigenvalue weighted by atomic mass is 10.1. The number of carbonyl (C=O) groups is 1. The molecule has 1 aromatic carbocycles. The zero-order valence-corrected chi connectivity index (χ0v) is 29.0. The summed E-state index contributed by atoms with van der Waals surface area (Å²) in [6.07, 6.45) is 10.6. The van der Waals surface area contributed by atoms with Crippen molar-refractivity contribution in [2.45, 2.75) is 72.9 Å². The molecule has 1 fully saturated rings. The van der Waals surface area contributed by atoms with Crippen molar-refractivity contribution in [3.05, 3.63) is 76.6 Å². The van der Waals surface area contributed by atoms with Crippen molar-refractivity contribution in [1.82, 2.24) is 24.6 Å². The number of hydrogen-bond acceptors (Lipinski definition) is 6. The maximum absolute atomic E-state index is 12.0. The highest BCUT2D eigenvalue weighted by molar-refractivity contribution is 5.93. The van der Waals surface area contributed by atoms with Gasteiger partial charge in [-0.1, -0.05) is 65.8 Å². The zero-order chi connectivity index (χ0) is 33.5. The Labute approximate surface area is 276 Å². The second kappa shape index (κ2) is 19.0. The molecule has 252 valence electrons. The summed E-state index contributed by atoms with van der Waals surface area (Å²) in [5.74, 6) is 2.33. The average molecular weight is 632 g/mol. The van der Waals surface area contributed by atoms with Crippen LogP contribution in [-0.2, 0) is 17.9 Å². The molecular weight excluding hydrogens is 574 g/mol. The van der Waals surface area contributed by atoms with Crippen molar-refractivity contribution < 1.29 is 9.53 Å². The Balaban J connectivity index is 0.00000282. The Morgan fingerprint density at radius 3 is 2.37 bits per heavy atom. The highest BCUT2D eigenvalue weighted by atomic mass is 16.5. The molecular formula is C37H57N7O2. The monoisotopic (exact) mass is 631 g/mol. The van der Waals surface area contributed by atoms with Crippen LogP contribution in [0.15, 0.2) is 59.9 Å². The van der Waals surface area contributed by atoms with Crippen LogP contribution in [0.3, 0.4) is 0 Å². The smallest absolute Gasteiger partial charge is 0.251 e. The van der Waals surface area contributed by atoms with Gasteiger partial charge in [-0.05, 0) is 41.8 Å². The van der Waals surface area contributed by atoms with E-state index in [9.17, 15) is 4.79 Å². The van der Waals surface area contributed by atoms with Crippen molar-refractivity contribution in [2.75, 3.05) is 52.9 Å². The Bertz CT molecular complexity index is 1430. The number of piperazine rings is 1. The first-order valence-corrected chi connectivity index (χ1v) is 17.1. The van der Waals surface area contributed by atoms with Crippen LogP contribution in [0.5, 0.6) is 5.75 Å². The van der Waals surface area contributed by atoms with E-state index in [-0.39, 0.29) is 5.91 Å². The predicted molar refractivity (Wildman–Crippen MR) is 192 cm³/mol. The van der Waals surface area contributed by atoms with E-state index in [0.717, 1.165) is 105 Å². The first kappa shape index (κ1) is 36.6. The van der Waals surface area contributed by atoms with Crippen LogP contribution in [0.1, 0.15) is 70.9 Å². The fourth-order valence-corrected chi connectivity index (χ4v) is 5.77. The highest BCUT2D eigenvalue weighted by Crippen LogP contribution is 2.22. The molecule has 46 heavy (non-hydrogen) atoms. The summed E-state index contributed by atoms with van der Waals surface area (Å²) >= 11 is 0. The first-order valence-electron chi connectivity index (χ1n) is 17.1. The topological polar surface area (TPSA) is 91.4 Å². The van der Waals surface area contributed by atoms with Crippen molar-refractivity contribution in [2.24, 2.45) is 10.7 Å². The van der Waals surface area contributed by atoms with Crippen LogP contribution in [0.25, 0.3) is 12.4 Å². The standard InChI is InChI=1S/C35H51N7O2.C2H6/c1-6-8-9-16-37-35(38-32(36)10-7-2)34-27(3)15-17-41(34)26-30-13-12-29(24-31(30)44-5)25-40-20-18-39(19-21-40)22-23-42-28(4)11-14-33(42)43;1-2/h11-15,17,24,37H,3-4,6-10,16,18-23,25-26H2,1-2,5H3,(H2,36,38);1-2H3/b35-34+;. The zero-order valence-electron chi connectivity index (χ0n) is 29.0. The number of benzene rings is 1. The number of nitrogens with zero attached hydrogens (tertiary/aromatic N) is 5. The number of carbonyl (C=O) groups excluding carboxylic acids is 1. The van der Waals surface area contributed by atoms with Crippen LogP contribution >= 0.6 is 0 Å². The lowest BCUT2D eigenvalue weighted by Gasteiger charge is -2.35. The Morgan fingerprint density at radius 1 is 0.978 bits per heavy atom. The second-order valence-electron chi connectivity index (χ2n) is 11.7. The lowest BCUT2D eigenvalue weighted by molar-refractivity contribution is -0.123. The minimum Gasteiger partial charge on any atom is -0.496 e. The molecule has 0 unspecified atom stereocenters. The van der Waals surface area contributed by atoms with E-state index in [4.69, 9.17) is 15.5 Å². The number of ether oxygens (including phenoxy) is 1. The molecule has 2 aromatic rings. The third kappa shape index (κ3) is 10.4. The van der Waals surface area contributed by atoms with Crippen LogP contribution in [0.2, 0.25) is 0 Å². The molecule has 2 aliphatic rings. The summed E-state index contributed by atoms with van der Waals surface area (Å²) in [7, 11) is 1.74. The molecule has 0 spiro atoms. The minimum absolute atomic E-state index is 0.0358. The summed E-state index contributed by atoms with van der Waals surface area (Å²) in [6.45, 7) is 24.4. The molecule has 2 aliphatic heterocycles. The number of nitrogens with one attached hydrogen (secondary N) is 1. The number of unbranched alkanes of at least 4 members (excludes halogenated alkanes) is 2. The number of amides is 1. The third-order valence-corrected chi connectivity index (χ3v) is 8.34. The molecule has 0 saturated carbocycles. The van der Waals surface area contributed by atoms with E-state index in [1.54, 1.807) is 24.2 Å². The summed E-state index contributed by atoms with van der Waals surface area (Å²) in [5.41, 5.74) is 9.40. The number of nitrogens with two attached hydrogens (primary N) is 1. The second-order valence-corrected chi connectivity index (χ2v) is 11.7. The average Bonchev–Trinajstić information content (AvgIpc) is 3.59. The van der Waals surface area contributed by atoms with Crippen molar-refractivity contribution in [1.29, 1.82) is 0 Å². The van der Waals surface area contributed by atoms with E-state index >= 15 is 0 Å². The Morgan fingerprint density at radius 2 is 1.72 bits per heavy atom. The van der Waals surface area contributed by atoms with E-state index in [1.165, 1.54) is 12.0 Å². The van der Waals surface area contributed by atoms with Gasteiger partial charge < -0.3 is 25.3 Å². The number of rotatable bonds is 16. The summed E-state index contributed by atoms with van der Waals surface area (Å²) < 4.78 is 8.07. The van der Waals surface area contributed by atoms with Gasteiger partial charge in [0.25, 0.3) is 5.91 Å². The van der Waals surface area contributed by atoms with Crippen molar-refractivity contribution in [3.63, 3.8) is 0 Å². The fourth-order valence-electron chi connectivity index (χ4n) is 5.77. The molecule has 3 N–H and O–H groups in total. The molecule has 9 nitrogen and oxygen atoms in total. The minimum atomic E-state index is 0.0358. The Hall–Kier alpha value is -3.82. The maximum atomic E-state index is 12.0. The van der Waals surface area contributed by atoms with E-state index < -0.39 is 0 Å². The first-order chi connectivity index (χ1) is 22.3. The van der Waals surface area contributed by atoms with Gasteiger partial charge in [-0.15, -0.1) is 0 Å². The predicted octanol–water partition coefficient (Wildman–Crippen LogP) is 4.01. The summed E-state index contributed by atoms with van der Waals surface area (Å²) in [4.78, 5) is 23.5. The maximum Gasteiger partial charge on any atom is 0.251 e. The van der Waals surface area contributed by atoms with Gasteiger partial charge in [0.05, 0.1) is 19.0 Å². The van der Waals surface area contributed by atoms with Crippen molar-refractivity contribution in [3.8, 4) is 5.75 Å². The molecule has 4 rings (SSSR count).